The fourth-order valence-electron chi connectivity index (χ4n) is 3.51. The third-order valence-corrected chi connectivity index (χ3v) is 5.53. The van der Waals surface area contributed by atoms with Gasteiger partial charge in [-0.05, 0) is 79.4 Å². The van der Waals surface area contributed by atoms with Gasteiger partial charge in [-0.15, -0.1) is 4.74 Å². The molecular weight excluding hydrogens is 479 g/mol. The fraction of sp³-hybridized carbons (Fsp3) is 0.240. The number of rotatable bonds is 7. The van der Waals surface area contributed by atoms with Crippen molar-refractivity contribution in [3.05, 3.63) is 97.7 Å². The van der Waals surface area contributed by atoms with Gasteiger partial charge in [-0.3, -0.25) is 0 Å². The number of aromatic nitrogens is 3. The molecule has 2 aromatic heterocycles. The van der Waals surface area contributed by atoms with Crippen molar-refractivity contribution < 1.29 is 26.8 Å². The first-order valence-corrected chi connectivity index (χ1v) is 10.8. The van der Waals surface area contributed by atoms with Crippen LogP contribution in [0.2, 0.25) is 0 Å². The Morgan fingerprint density at radius 1 is 1.11 bits per heavy atom. The van der Waals surface area contributed by atoms with E-state index in [0.717, 1.165) is 39.1 Å². The zero-order valence-electron chi connectivity index (χ0n) is 19.6. The number of ether oxygens (including phenoxy) is 1. The molecule has 36 heavy (non-hydrogen) atoms. The summed E-state index contributed by atoms with van der Waals surface area (Å²) in [6.45, 7) is 5.82. The molecule has 0 spiro atoms. The quantitative estimate of drug-likeness (QED) is 0.374. The van der Waals surface area contributed by atoms with Crippen molar-refractivity contribution in [3.8, 4) is 17.2 Å². The number of nitrogens with one attached hydrogen (secondary N) is 1. The molecule has 0 saturated carbocycles. The second-order valence-corrected chi connectivity index (χ2v) is 8.29. The summed E-state index contributed by atoms with van der Waals surface area (Å²) in [5, 5.41) is 0. The van der Waals surface area contributed by atoms with Crippen LogP contribution in [0.25, 0.3) is 17.0 Å². The van der Waals surface area contributed by atoms with Gasteiger partial charge in [0.1, 0.15) is 24.3 Å². The number of hydrogen-bond acceptors (Lipinski definition) is 6. The van der Waals surface area contributed by atoms with Crippen LogP contribution in [-0.2, 0) is 19.3 Å². The Labute approximate surface area is 202 Å². The van der Waals surface area contributed by atoms with Crippen LogP contribution in [0.15, 0.2) is 72.8 Å². The predicted octanol–water partition coefficient (Wildman–Crippen LogP) is 5.18. The highest BCUT2D eigenvalue weighted by Gasteiger charge is 2.30. The van der Waals surface area contributed by atoms with Crippen molar-refractivity contribution in [1.29, 1.82) is 0 Å². The number of oxazole rings is 1. The molecule has 4 rings (SSSR count). The average molecular weight is 501 g/mol. The van der Waals surface area contributed by atoms with E-state index < -0.39 is 23.2 Å². The molecular formula is C25H22F3N3O5. The van der Waals surface area contributed by atoms with Crippen molar-refractivity contribution in [2.75, 3.05) is 0 Å². The Balaban J connectivity index is 1.47. The molecule has 0 aliphatic heterocycles. The standard InChI is InChI=1S/C25H22F3N3O5/c1-14-8-18(16(3)15(2)11-31-23(32)30-24(33)36-31)10-21(9-14)34-12-20-13-35-22(29-20)17-4-6-19(7-5-17)25(26,27)28/h4-10,13H,11-12H2,1-3H3,(H,30,32,33)/b16-15+. The number of hydrogen-bond donors (Lipinski definition) is 1. The second-order valence-electron chi connectivity index (χ2n) is 8.29. The minimum Gasteiger partial charge on any atom is -0.487 e. The summed E-state index contributed by atoms with van der Waals surface area (Å²) in [5.41, 5.74) is 3.01. The van der Waals surface area contributed by atoms with Crippen molar-refractivity contribution >= 4 is 5.57 Å². The zero-order valence-corrected chi connectivity index (χ0v) is 19.6. The lowest BCUT2D eigenvalue weighted by Gasteiger charge is -2.12. The lowest BCUT2D eigenvalue weighted by molar-refractivity contribution is -0.137. The molecule has 0 aliphatic carbocycles. The molecule has 0 aliphatic rings. The summed E-state index contributed by atoms with van der Waals surface area (Å²) in [6.07, 6.45) is -3.02. The van der Waals surface area contributed by atoms with Gasteiger partial charge in [-0.2, -0.15) is 13.2 Å². The third-order valence-electron chi connectivity index (χ3n) is 5.53. The summed E-state index contributed by atoms with van der Waals surface area (Å²) in [4.78, 5) is 29.3. The number of H-pyrrole nitrogens is 1. The Bertz CT molecular complexity index is 1520. The first kappa shape index (κ1) is 24.8. The number of alkyl halides is 3. The first-order valence-electron chi connectivity index (χ1n) is 10.8. The number of nitrogens with zero attached hydrogens (tertiary/aromatic N) is 2. The highest BCUT2D eigenvalue weighted by Crippen LogP contribution is 2.31. The first-order chi connectivity index (χ1) is 17.0. The number of halogens is 3. The summed E-state index contributed by atoms with van der Waals surface area (Å²) in [7, 11) is 0. The highest BCUT2D eigenvalue weighted by molar-refractivity contribution is 5.68. The topological polar surface area (TPSA) is 103 Å². The summed E-state index contributed by atoms with van der Waals surface area (Å²) in [6, 6.07) is 10.2. The lowest BCUT2D eigenvalue weighted by atomic mass is 10.00. The van der Waals surface area contributed by atoms with Gasteiger partial charge in [0.05, 0.1) is 12.1 Å². The van der Waals surface area contributed by atoms with Crippen LogP contribution in [0.1, 0.15) is 36.2 Å². The molecule has 2 heterocycles. The van der Waals surface area contributed by atoms with Crippen LogP contribution >= 0.6 is 0 Å². The van der Waals surface area contributed by atoms with E-state index in [1.54, 1.807) is 0 Å². The number of aryl methyl sites for hydroxylation is 1. The number of benzene rings is 2. The molecule has 0 fully saturated rings. The van der Waals surface area contributed by atoms with E-state index in [9.17, 15) is 22.8 Å². The summed E-state index contributed by atoms with van der Waals surface area (Å²) < 4.78 is 55.4. The van der Waals surface area contributed by atoms with E-state index in [1.807, 2.05) is 44.0 Å². The van der Waals surface area contributed by atoms with Crippen molar-refractivity contribution in [2.45, 2.75) is 40.1 Å². The van der Waals surface area contributed by atoms with E-state index in [1.165, 1.54) is 18.4 Å². The predicted molar refractivity (Wildman–Crippen MR) is 124 cm³/mol. The minimum atomic E-state index is -4.41. The Morgan fingerprint density at radius 3 is 2.47 bits per heavy atom. The third kappa shape index (κ3) is 5.68. The molecule has 1 N–H and O–H groups in total. The molecule has 4 aromatic rings. The largest absolute Gasteiger partial charge is 0.487 e. The molecule has 2 aromatic carbocycles. The maximum atomic E-state index is 12.8. The molecule has 8 nitrogen and oxygen atoms in total. The number of aromatic amines is 1. The Morgan fingerprint density at radius 2 is 1.83 bits per heavy atom. The molecule has 0 saturated heterocycles. The van der Waals surface area contributed by atoms with E-state index in [-0.39, 0.29) is 19.0 Å². The lowest BCUT2D eigenvalue weighted by Crippen LogP contribution is -2.17. The second kappa shape index (κ2) is 9.76. The zero-order chi connectivity index (χ0) is 26.0. The SMILES string of the molecule is C/C(Cn1oc(=O)[nH]c1=O)=C(/C)c1cc(C)cc(OCc2coc(-c3ccc(C(F)(F)F)cc3)n2)c1. The van der Waals surface area contributed by atoms with Crippen molar-refractivity contribution in [1.82, 2.24) is 14.7 Å². The Kier molecular flexibility index (Phi) is 6.73. The van der Waals surface area contributed by atoms with Gasteiger partial charge in [-0.25, -0.2) is 19.6 Å². The van der Waals surface area contributed by atoms with Gasteiger partial charge in [0, 0.05) is 5.56 Å². The van der Waals surface area contributed by atoms with Gasteiger partial charge < -0.3 is 13.7 Å². The van der Waals surface area contributed by atoms with Crippen LogP contribution in [-0.4, -0.2) is 14.7 Å². The van der Waals surface area contributed by atoms with E-state index in [0.29, 0.717) is 17.0 Å². The van der Waals surface area contributed by atoms with Crippen LogP contribution in [0, 0.1) is 6.92 Å². The maximum absolute atomic E-state index is 12.8. The van der Waals surface area contributed by atoms with E-state index in [2.05, 4.69) is 4.98 Å². The van der Waals surface area contributed by atoms with Crippen LogP contribution in [0.4, 0.5) is 13.2 Å². The molecule has 0 bridgehead atoms. The molecule has 0 amide bonds. The summed E-state index contributed by atoms with van der Waals surface area (Å²) >= 11 is 0. The van der Waals surface area contributed by atoms with Crippen molar-refractivity contribution in [2.24, 2.45) is 0 Å². The van der Waals surface area contributed by atoms with Gasteiger partial charge in [0.2, 0.25) is 5.89 Å². The number of allylic oxidation sites excluding steroid dienone is 2. The van der Waals surface area contributed by atoms with Crippen LogP contribution in [0.3, 0.4) is 0 Å². The van der Waals surface area contributed by atoms with Gasteiger partial charge in [0.25, 0.3) is 0 Å². The highest BCUT2D eigenvalue weighted by atomic mass is 19.4. The Hall–Kier alpha value is -4.28. The normalized spacial score (nSPS) is 12.5. The smallest absolute Gasteiger partial charge is 0.440 e. The molecule has 188 valence electrons. The fourth-order valence-corrected chi connectivity index (χ4v) is 3.51. The monoisotopic (exact) mass is 501 g/mol. The molecule has 0 unspecified atom stereocenters. The van der Waals surface area contributed by atoms with Gasteiger partial charge in [0.15, 0.2) is 0 Å². The summed E-state index contributed by atoms with van der Waals surface area (Å²) in [5.74, 6) is -0.0547. The van der Waals surface area contributed by atoms with Crippen LogP contribution in [0.5, 0.6) is 5.75 Å². The molecule has 0 atom stereocenters. The molecule has 0 radical (unpaired) electrons. The minimum absolute atomic E-state index is 0.0820. The van der Waals surface area contributed by atoms with E-state index >= 15 is 0 Å². The molecule has 11 heteroatoms. The van der Waals surface area contributed by atoms with Gasteiger partial charge >= 0.3 is 17.6 Å². The van der Waals surface area contributed by atoms with Gasteiger partial charge in [-0.1, -0.05) is 6.07 Å². The maximum Gasteiger partial charge on any atom is 0.440 e. The van der Waals surface area contributed by atoms with Crippen LogP contribution < -0.4 is 16.2 Å². The average Bonchev–Trinajstić information content (AvgIpc) is 3.42. The van der Waals surface area contributed by atoms with Crippen molar-refractivity contribution in [3.63, 3.8) is 0 Å². The van der Waals surface area contributed by atoms with E-state index in [4.69, 9.17) is 13.7 Å².